The van der Waals surface area contributed by atoms with E-state index in [1.165, 1.54) is 9.13 Å². The normalized spacial score (nSPS) is 14.0. The SMILES string of the molecule is Nc1c(F)c(-n2cc3ccc(Br)cc3c2)c(F)c2c1c(=O)c(C(=O)O)cn2C1CC1. The molecule has 9 heteroatoms. The van der Waals surface area contributed by atoms with Crippen LogP contribution in [0.1, 0.15) is 29.2 Å². The number of carboxylic acid groups (broad SMARTS) is 1. The molecule has 0 spiro atoms. The first-order valence-corrected chi connectivity index (χ1v) is 9.93. The largest absolute Gasteiger partial charge is 0.477 e. The van der Waals surface area contributed by atoms with Gasteiger partial charge >= 0.3 is 5.97 Å². The van der Waals surface area contributed by atoms with Crippen molar-refractivity contribution in [3.8, 4) is 5.69 Å². The topological polar surface area (TPSA) is 90.2 Å². The lowest BCUT2D eigenvalue weighted by molar-refractivity contribution is 0.0695. The van der Waals surface area contributed by atoms with E-state index < -0.39 is 45.4 Å². The zero-order valence-electron chi connectivity index (χ0n) is 15.3. The molecule has 0 bridgehead atoms. The average molecular weight is 474 g/mol. The first kappa shape index (κ1) is 18.8. The number of carbonyl (C=O) groups is 1. The van der Waals surface area contributed by atoms with Crippen LogP contribution in [0.2, 0.25) is 0 Å². The third-order valence-electron chi connectivity index (χ3n) is 5.40. The van der Waals surface area contributed by atoms with Crippen molar-refractivity contribution in [3.63, 3.8) is 0 Å². The molecule has 4 aromatic rings. The van der Waals surface area contributed by atoms with Crippen molar-refractivity contribution in [1.29, 1.82) is 0 Å². The Morgan fingerprint density at radius 1 is 1.13 bits per heavy atom. The third-order valence-corrected chi connectivity index (χ3v) is 5.89. The number of aromatic nitrogens is 2. The van der Waals surface area contributed by atoms with Crippen molar-refractivity contribution in [2.24, 2.45) is 0 Å². The Bertz CT molecular complexity index is 1450. The molecule has 0 atom stereocenters. The first-order valence-electron chi connectivity index (χ1n) is 9.14. The maximum Gasteiger partial charge on any atom is 0.341 e. The molecule has 3 N–H and O–H groups in total. The predicted octanol–water partition coefficient (Wildman–Crippen LogP) is 4.60. The van der Waals surface area contributed by atoms with Crippen molar-refractivity contribution < 1.29 is 18.7 Å². The van der Waals surface area contributed by atoms with E-state index in [0.29, 0.717) is 12.8 Å². The molecule has 2 heterocycles. The summed E-state index contributed by atoms with van der Waals surface area (Å²) in [5, 5.41) is 10.4. The Balaban J connectivity index is 1.90. The standard InChI is InChI=1S/C21H14BrF2N3O3/c22-11-2-1-9-6-26(7-10(9)5-11)19-15(23)17(25)14-18(16(19)24)27(12-3-4-12)8-13(20(14)28)21(29)30/h1-2,5-8,12H,3-4,25H2,(H,29,30). The maximum absolute atomic E-state index is 15.7. The van der Waals surface area contributed by atoms with Crippen LogP contribution in [0.5, 0.6) is 0 Å². The number of carboxylic acids is 1. The highest BCUT2D eigenvalue weighted by Crippen LogP contribution is 2.40. The Morgan fingerprint density at radius 2 is 1.83 bits per heavy atom. The molecule has 2 aromatic heterocycles. The van der Waals surface area contributed by atoms with Crippen LogP contribution in [0.15, 0.2) is 46.1 Å². The summed E-state index contributed by atoms with van der Waals surface area (Å²) >= 11 is 3.37. The fraction of sp³-hybridized carbons (Fsp3) is 0.143. The minimum absolute atomic E-state index is 0.168. The number of nitrogen functional groups attached to an aromatic ring is 1. The minimum atomic E-state index is -1.47. The van der Waals surface area contributed by atoms with Crippen LogP contribution in [0.3, 0.4) is 0 Å². The van der Waals surface area contributed by atoms with Gasteiger partial charge in [-0.05, 0) is 30.4 Å². The molecule has 0 amide bonds. The van der Waals surface area contributed by atoms with E-state index in [2.05, 4.69) is 15.9 Å². The van der Waals surface area contributed by atoms with Gasteiger partial charge in [-0.2, -0.15) is 0 Å². The second-order valence-corrected chi connectivity index (χ2v) is 8.28. The number of halogens is 3. The van der Waals surface area contributed by atoms with Crippen LogP contribution < -0.4 is 11.2 Å². The van der Waals surface area contributed by atoms with Gasteiger partial charge in [0, 0.05) is 34.5 Å². The van der Waals surface area contributed by atoms with E-state index in [1.807, 2.05) is 12.1 Å². The minimum Gasteiger partial charge on any atom is -0.477 e. The van der Waals surface area contributed by atoms with Crippen molar-refractivity contribution in [3.05, 3.63) is 68.7 Å². The highest BCUT2D eigenvalue weighted by atomic mass is 79.9. The summed E-state index contributed by atoms with van der Waals surface area (Å²) < 4.78 is 34.5. The predicted molar refractivity (Wildman–Crippen MR) is 112 cm³/mol. The molecule has 30 heavy (non-hydrogen) atoms. The van der Waals surface area contributed by atoms with Gasteiger partial charge in [0.2, 0.25) is 5.43 Å². The average Bonchev–Trinajstić information content (AvgIpc) is 3.45. The summed E-state index contributed by atoms with van der Waals surface area (Å²) in [6.07, 6.45) is 5.66. The molecule has 1 saturated carbocycles. The number of rotatable bonds is 3. The molecule has 0 radical (unpaired) electrons. The highest BCUT2D eigenvalue weighted by Gasteiger charge is 2.32. The second kappa shape index (κ2) is 6.40. The van der Waals surface area contributed by atoms with E-state index in [4.69, 9.17) is 5.73 Å². The van der Waals surface area contributed by atoms with Gasteiger partial charge < -0.3 is 20.0 Å². The van der Waals surface area contributed by atoms with Crippen molar-refractivity contribution in [2.75, 3.05) is 5.73 Å². The maximum atomic E-state index is 15.7. The molecular formula is C21H14BrF2N3O3. The van der Waals surface area contributed by atoms with Crippen LogP contribution >= 0.6 is 15.9 Å². The molecule has 2 aromatic carbocycles. The summed E-state index contributed by atoms with van der Waals surface area (Å²) in [5.74, 6) is -3.54. The molecule has 1 aliphatic carbocycles. The molecule has 0 aliphatic heterocycles. The lowest BCUT2D eigenvalue weighted by atomic mass is 10.1. The number of hydrogen-bond acceptors (Lipinski definition) is 3. The van der Waals surface area contributed by atoms with Gasteiger partial charge in [-0.1, -0.05) is 22.0 Å². The quantitative estimate of drug-likeness (QED) is 0.425. The number of anilines is 1. The molecule has 0 unspecified atom stereocenters. The highest BCUT2D eigenvalue weighted by molar-refractivity contribution is 9.10. The Morgan fingerprint density at radius 3 is 2.50 bits per heavy atom. The first-order chi connectivity index (χ1) is 14.3. The van der Waals surface area contributed by atoms with Crippen LogP contribution in [0.4, 0.5) is 14.5 Å². The van der Waals surface area contributed by atoms with Gasteiger partial charge in [0.15, 0.2) is 11.6 Å². The Labute approximate surface area is 176 Å². The summed E-state index contributed by atoms with van der Waals surface area (Å²) in [6, 6.07) is 5.26. The van der Waals surface area contributed by atoms with E-state index in [0.717, 1.165) is 21.4 Å². The molecule has 0 saturated heterocycles. The van der Waals surface area contributed by atoms with E-state index in [1.54, 1.807) is 18.5 Å². The van der Waals surface area contributed by atoms with Crippen molar-refractivity contribution >= 4 is 49.3 Å². The third kappa shape index (κ3) is 2.65. The van der Waals surface area contributed by atoms with Gasteiger partial charge in [0.25, 0.3) is 0 Å². The van der Waals surface area contributed by atoms with Gasteiger partial charge in [0.05, 0.1) is 16.6 Å². The summed E-state index contributed by atoms with van der Waals surface area (Å²) in [4.78, 5) is 24.2. The summed E-state index contributed by atoms with van der Waals surface area (Å²) in [6.45, 7) is 0. The molecule has 5 rings (SSSR count). The van der Waals surface area contributed by atoms with Crippen LogP contribution in [-0.4, -0.2) is 20.2 Å². The molecule has 1 fully saturated rings. The fourth-order valence-corrected chi connectivity index (χ4v) is 4.19. The van der Waals surface area contributed by atoms with Gasteiger partial charge in [0.1, 0.15) is 11.3 Å². The van der Waals surface area contributed by atoms with Crippen LogP contribution in [0.25, 0.3) is 27.4 Å². The van der Waals surface area contributed by atoms with Gasteiger partial charge in [-0.25, -0.2) is 13.6 Å². The van der Waals surface area contributed by atoms with Gasteiger partial charge in [-0.15, -0.1) is 0 Å². The van der Waals surface area contributed by atoms with Crippen molar-refractivity contribution in [2.45, 2.75) is 18.9 Å². The summed E-state index contributed by atoms with van der Waals surface area (Å²) in [5.41, 5.74) is 3.21. The van der Waals surface area contributed by atoms with E-state index in [-0.39, 0.29) is 11.6 Å². The Hall–Kier alpha value is -3.20. The van der Waals surface area contributed by atoms with Crippen LogP contribution in [0, 0.1) is 11.6 Å². The number of nitrogens with zero attached hydrogens (tertiary/aromatic N) is 2. The number of benzene rings is 2. The number of pyridine rings is 1. The molecule has 1 aliphatic rings. The van der Waals surface area contributed by atoms with Crippen molar-refractivity contribution in [1.82, 2.24) is 9.13 Å². The monoisotopic (exact) mass is 473 g/mol. The van der Waals surface area contributed by atoms with Crippen LogP contribution in [-0.2, 0) is 0 Å². The Kier molecular flexibility index (Phi) is 4.01. The molecule has 6 nitrogen and oxygen atoms in total. The summed E-state index contributed by atoms with van der Waals surface area (Å²) in [7, 11) is 0. The number of fused-ring (bicyclic) bond motifs is 2. The van der Waals surface area contributed by atoms with Gasteiger partial charge in [-0.3, -0.25) is 4.79 Å². The van der Waals surface area contributed by atoms with E-state index >= 15 is 8.78 Å². The molecular weight excluding hydrogens is 460 g/mol. The second-order valence-electron chi connectivity index (χ2n) is 7.37. The lowest BCUT2D eigenvalue weighted by Gasteiger charge is -2.17. The lowest BCUT2D eigenvalue weighted by Crippen LogP contribution is -2.22. The number of hydrogen-bond donors (Lipinski definition) is 2. The number of aromatic carboxylic acids is 1. The zero-order chi connectivity index (χ0) is 21.3. The van der Waals surface area contributed by atoms with E-state index in [9.17, 15) is 14.7 Å². The zero-order valence-corrected chi connectivity index (χ0v) is 16.9. The molecule has 152 valence electrons. The number of nitrogens with two attached hydrogens (primary N) is 1. The smallest absolute Gasteiger partial charge is 0.341 e. The fourth-order valence-electron chi connectivity index (χ4n) is 3.81.